The fourth-order valence-electron chi connectivity index (χ4n) is 2.80. The Balaban J connectivity index is 2.04. The number of imide groups is 1. The molecule has 2 atom stereocenters. The van der Waals surface area contributed by atoms with Crippen LogP contribution >= 0.6 is 27.3 Å². The lowest BCUT2D eigenvalue weighted by Crippen LogP contribution is -2.43. The number of carbonyl (C=O) groups is 2. The lowest BCUT2D eigenvalue weighted by molar-refractivity contribution is -0.135. The second-order valence-corrected chi connectivity index (χ2v) is 7.14. The quantitative estimate of drug-likeness (QED) is 0.826. The van der Waals surface area contributed by atoms with E-state index in [0.717, 1.165) is 20.5 Å². The van der Waals surface area contributed by atoms with Crippen LogP contribution in [0.1, 0.15) is 34.3 Å². The van der Waals surface area contributed by atoms with Crippen LogP contribution in [0.5, 0.6) is 0 Å². The Morgan fingerprint density at radius 3 is 2.76 bits per heavy atom. The van der Waals surface area contributed by atoms with Crippen molar-refractivity contribution in [3.05, 3.63) is 56.2 Å². The Bertz CT molecular complexity index is 710. The molecule has 5 heteroatoms. The van der Waals surface area contributed by atoms with Crippen molar-refractivity contribution in [2.24, 2.45) is 0 Å². The van der Waals surface area contributed by atoms with Crippen molar-refractivity contribution in [3.63, 3.8) is 0 Å². The lowest BCUT2D eigenvalue weighted by atomic mass is 9.79. The van der Waals surface area contributed by atoms with Gasteiger partial charge in [0.05, 0.1) is 5.92 Å². The van der Waals surface area contributed by atoms with Crippen LogP contribution in [-0.4, -0.2) is 11.8 Å². The minimum Gasteiger partial charge on any atom is -0.296 e. The fourth-order valence-corrected chi connectivity index (χ4v) is 4.39. The van der Waals surface area contributed by atoms with Gasteiger partial charge in [-0.15, -0.1) is 11.3 Å². The third kappa shape index (κ3) is 2.94. The van der Waals surface area contributed by atoms with Gasteiger partial charge in [0.25, 0.3) is 0 Å². The van der Waals surface area contributed by atoms with Gasteiger partial charge in [0, 0.05) is 27.1 Å². The molecule has 2 aromatic rings. The van der Waals surface area contributed by atoms with E-state index in [1.807, 2.05) is 42.6 Å². The van der Waals surface area contributed by atoms with Crippen molar-refractivity contribution in [1.29, 1.82) is 0 Å². The Morgan fingerprint density at radius 1 is 1.29 bits per heavy atom. The highest BCUT2D eigenvalue weighted by atomic mass is 79.9. The molecule has 2 unspecified atom stereocenters. The predicted molar refractivity (Wildman–Crippen MR) is 86.4 cm³/mol. The molecule has 0 spiro atoms. The van der Waals surface area contributed by atoms with Gasteiger partial charge in [0.15, 0.2) is 0 Å². The summed E-state index contributed by atoms with van der Waals surface area (Å²) in [4.78, 5) is 25.2. The summed E-state index contributed by atoms with van der Waals surface area (Å²) in [6.45, 7) is 2.01. The Morgan fingerprint density at radius 2 is 2.10 bits per heavy atom. The Kier molecular flexibility index (Phi) is 3.95. The average Bonchev–Trinajstić information content (AvgIpc) is 2.84. The van der Waals surface area contributed by atoms with Crippen LogP contribution in [0.2, 0.25) is 0 Å². The maximum Gasteiger partial charge on any atom is 0.234 e. The number of thiophene rings is 1. The van der Waals surface area contributed by atoms with Crippen molar-refractivity contribution in [2.45, 2.75) is 25.2 Å². The third-order valence-electron chi connectivity index (χ3n) is 3.71. The van der Waals surface area contributed by atoms with Gasteiger partial charge in [0.1, 0.15) is 0 Å². The summed E-state index contributed by atoms with van der Waals surface area (Å²) < 4.78 is 0.990. The van der Waals surface area contributed by atoms with E-state index in [4.69, 9.17) is 0 Å². The minimum atomic E-state index is -0.312. The Labute approximate surface area is 135 Å². The van der Waals surface area contributed by atoms with Crippen LogP contribution in [0.15, 0.2) is 40.2 Å². The molecule has 2 heterocycles. The largest absolute Gasteiger partial charge is 0.296 e. The van der Waals surface area contributed by atoms with Crippen molar-refractivity contribution < 1.29 is 9.59 Å². The first-order chi connectivity index (χ1) is 10.0. The molecule has 21 heavy (non-hydrogen) atoms. The van der Waals surface area contributed by atoms with Gasteiger partial charge in [-0.2, -0.15) is 0 Å². The van der Waals surface area contributed by atoms with Gasteiger partial charge in [-0.25, -0.2) is 0 Å². The van der Waals surface area contributed by atoms with E-state index in [2.05, 4.69) is 21.2 Å². The number of hydrogen-bond acceptors (Lipinski definition) is 3. The normalized spacial score (nSPS) is 22.2. The molecule has 1 N–H and O–H groups in total. The minimum absolute atomic E-state index is 0.0932. The highest BCUT2D eigenvalue weighted by molar-refractivity contribution is 9.10. The van der Waals surface area contributed by atoms with Crippen LogP contribution in [0.25, 0.3) is 0 Å². The molecule has 108 valence electrons. The number of aryl methyl sites for hydroxylation is 1. The second-order valence-electron chi connectivity index (χ2n) is 5.28. The summed E-state index contributed by atoms with van der Waals surface area (Å²) in [5, 5.41) is 4.45. The second kappa shape index (κ2) is 5.73. The molecule has 3 nitrogen and oxygen atoms in total. The molecule has 1 aliphatic heterocycles. The summed E-state index contributed by atoms with van der Waals surface area (Å²) in [7, 11) is 0. The van der Waals surface area contributed by atoms with Crippen LogP contribution < -0.4 is 5.32 Å². The average molecular weight is 364 g/mol. The molecular formula is C16H14BrNO2S. The predicted octanol–water partition coefficient (Wildman–Crippen LogP) is 3.73. The first-order valence-corrected chi connectivity index (χ1v) is 8.36. The molecule has 0 bridgehead atoms. The molecule has 0 aliphatic carbocycles. The molecule has 1 aromatic heterocycles. The summed E-state index contributed by atoms with van der Waals surface area (Å²) in [5.41, 5.74) is 2.08. The summed E-state index contributed by atoms with van der Waals surface area (Å²) in [5.74, 6) is -0.803. The number of rotatable bonds is 2. The molecule has 0 saturated carbocycles. The number of piperidine rings is 1. The maximum absolute atomic E-state index is 12.4. The SMILES string of the molecule is Cc1cccc(C2C(=O)NC(=O)CC2c2cc(Br)cs2)c1. The van der Waals surface area contributed by atoms with Gasteiger partial charge in [0.2, 0.25) is 11.8 Å². The summed E-state index contributed by atoms with van der Waals surface area (Å²) in [6, 6.07) is 9.95. The zero-order valence-corrected chi connectivity index (χ0v) is 13.8. The van der Waals surface area contributed by atoms with Crippen LogP contribution in [0, 0.1) is 6.92 Å². The number of halogens is 1. The summed E-state index contributed by atoms with van der Waals surface area (Å²) >= 11 is 5.03. The molecule has 3 rings (SSSR count). The lowest BCUT2D eigenvalue weighted by Gasteiger charge is -2.30. The number of carbonyl (C=O) groups excluding carboxylic acids is 2. The number of hydrogen-bond donors (Lipinski definition) is 1. The number of amides is 2. The van der Waals surface area contributed by atoms with E-state index >= 15 is 0 Å². The smallest absolute Gasteiger partial charge is 0.234 e. The monoisotopic (exact) mass is 363 g/mol. The van der Waals surface area contributed by atoms with Crippen molar-refractivity contribution in [2.75, 3.05) is 0 Å². The zero-order valence-electron chi connectivity index (χ0n) is 11.4. The maximum atomic E-state index is 12.4. The first-order valence-electron chi connectivity index (χ1n) is 6.69. The van der Waals surface area contributed by atoms with Gasteiger partial charge >= 0.3 is 0 Å². The molecule has 1 aliphatic rings. The molecule has 1 aromatic carbocycles. The van der Waals surface area contributed by atoms with Crippen molar-refractivity contribution in [1.82, 2.24) is 5.32 Å². The standard InChI is InChI=1S/C16H14BrNO2S/c1-9-3-2-4-10(5-9)15-12(7-14(19)18-16(15)20)13-6-11(17)8-21-13/h2-6,8,12,15H,7H2,1H3,(H,18,19,20). The van der Waals surface area contributed by atoms with E-state index in [0.29, 0.717) is 6.42 Å². The summed E-state index contributed by atoms with van der Waals surface area (Å²) in [6.07, 6.45) is 0.345. The van der Waals surface area contributed by atoms with Crippen LogP contribution in [0.4, 0.5) is 0 Å². The molecule has 1 fully saturated rings. The van der Waals surface area contributed by atoms with Gasteiger partial charge in [-0.3, -0.25) is 14.9 Å². The third-order valence-corrected chi connectivity index (χ3v) is 5.53. The Hall–Kier alpha value is -1.46. The topological polar surface area (TPSA) is 46.2 Å². The van der Waals surface area contributed by atoms with Gasteiger partial charge in [-0.05, 0) is 34.5 Å². The number of benzene rings is 1. The zero-order chi connectivity index (χ0) is 15.0. The van der Waals surface area contributed by atoms with E-state index < -0.39 is 0 Å². The van der Waals surface area contributed by atoms with E-state index in [1.165, 1.54) is 0 Å². The number of nitrogens with one attached hydrogen (secondary N) is 1. The van der Waals surface area contributed by atoms with E-state index in [-0.39, 0.29) is 23.7 Å². The first kappa shape index (κ1) is 14.5. The molecule has 1 saturated heterocycles. The fraction of sp³-hybridized carbons (Fsp3) is 0.250. The van der Waals surface area contributed by atoms with Crippen molar-refractivity contribution >= 4 is 39.1 Å². The highest BCUT2D eigenvalue weighted by Crippen LogP contribution is 2.41. The van der Waals surface area contributed by atoms with E-state index in [9.17, 15) is 9.59 Å². The van der Waals surface area contributed by atoms with Gasteiger partial charge < -0.3 is 0 Å². The van der Waals surface area contributed by atoms with E-state index in [1.54, 1.807) is 11.3 Å². The van der Waals surface area contributed by atoms with Crippen molar-refractivity contribution in [3.8, 4) is 0 Å². The van der Waals surface area contributed by atoms with Crippen LogP contribution in [0.3, 0.4) is 0 Å². The molecule has 0 radical (unpaired) electrons. The molecular weight excluding hydrogens is 350 g/mol. The van der Waals surface area contributed by atoms with Gasteiger partial charge in [-0.1, -0.05) is 29.8 Å². The molecule has 2 amide bonds. The highest BCUT2D eigenvalue weighted by Gasteiger charge is 2.38. The van der Waals surface area contributed by atoms with Crippen LogP contribution in [-0.2, 0) is 9.59 Å².